The number of aromatic nitrogens is 5. The largest absolute Gasteiger partial charge is 0.272 e. The summed E-state index contributed by atoms with van der Waals surface area (Å²) in [5, 5.41) is 12.0. The predicted octanol–water partition coefficient (Wildman–Crippen LogP) is 1.75. The molecule has 0 N–H and O–H groups in total. The van der Waals surface area contributed by atoms with Crippen molar-refractivity contribution >= 4 is 0 Å². The molecule has 2 aromatic heterocycles. The molecule has 0 amide bonds. The minimum Gasteiger partial charge on any atom is -0.272 e. The van der Waals surface area contributed by atoms with Gasteiger partial charge in [-0.2, -0.15) is 0 Å². The molecule has 0 spiro atoms. The molecular weight excluding hydrogens is 264 g/mol. The maximum absolute atomic E-state index is 4.40. The average molecular weight is 278 g/mol. The molecule has 0 bridgehead atoms. The molecule has 2 unspecified atom stereocenters. The standard InChI is InChI=1S/C15H14N6/c1-2-6-12(7-3-1)15-17-18-19-21(15)11-20-10-14(20)13-8-4-5-9-16-13/h1-9,14H,10-11H2. The van der Waals surface area contributed by atoms with Crippen LogP contribution in [0.5, 0.6) is 0 Å². The summed E-state index contributed by atoms with van der Waals surface area (Å²) in [7, 11) is 0. The number of tetrazole rings is 1. The third-order valence-electron chi connectivity index (χ3n) is 3.62. The Morgan fingerprint density at radius 1 is 1.05 bits per heavy atom. The molecule has 2 atom stereocenters. The number of nitrogens with zero attached hydrogens (tertiary/aromatic N) is 6. The van der Waals surface area contributed by atoms with Gasteiger partial charge in [-0.1, -0.05) is 36.4 Å². The first kappa shape index (κ1) is 12.2. The highest BCUT2D eigenvalue weighted by atomic mass is 15.6. The van der Waals surface area contributed by atoms with E-state index >= 15 is 0 Å². The van der Waals surface area contributed by atoms with E-state index < -0.39 is 0 Å². The molecule has 0 aliphatic carbocycles. The summed E-state index contributed by atoms with van der Waals surface area (Å²) < 4.78 is 1.83. The number of benzene rings is 1. The lowest BCUT2D eigenvalue weighted by molar-refractivity contribution is 0.377. The van der Waals surface area contributed by atoms with Crippen molar-refractivity contribution in [2.24, 2.45) is 0 Å². The highest BCUT2D eigenvalue weighted by Gasteiger charge is 2.37. The van der Waals surface area contributed by atoms with Gasteiger partial charge in [-0.25, -0.2) is 4.68 Å². The first-order chi connectivity index (χ1) is 10.4. The van der Waals surface area contributed by atoms with Gasteiger partial charge in [0.2, 0.25) is 0 Å². The second kappa shape index (κ2) is 5.06. The maximum atomic E-state index is 4.40. The van der Waals surface area contributed by atoms with Crippen LogP contribution in [-0.2, 0) is 6.67 Å². The summed E-state index contributed by atoms with van der Waals surface area (Å²) in [6.07, 6.45) is 1.83. The van der Waals surface area contributed by atoms with Crippen LogP contribution < -0.4 is 0 Å². The molecule has 6 heteroatoms. The molecule has 0 radical (unpaired) electrons. The fourth-order valence-electron chi connectivity index (χ4n) is 2.45. The van der Waals surface area contributed by atoms with Crippen molar-refractivity contribution in [3.63, 3.8) is 0 Å². The van der Waals surface area contributed by atoms with E-state index in [4.69, 9.17) is 0 Å². The van der Waals surface area contributed by atoms with E-state index in [1.165, 1.54) is 0 Å². The van der Waals surface area contributed by atoms with E-state index in [1.54, 1.807) is 0 Å². The topological polar surface area (TPSA) is 59.5 Å². The predicted molar refractivity (Wildman–Crippen MR) is 76.9 cm³/mol. The number of pyridine rings is 1. The van der Waals surface area contributed by atoms with Gasteiger partial charge < -0.3 is 0 Å². The Hall–Kier alpha value is -2.60. The first-order valence-corrected chi connectivity index (χ1v) is 6.88. The summed E-state index contributed by atoms with van der Waals surface area (Å²) in [5.41, 5.74) is 2.13. The third-order valence-corrected chi connectivity index (χ3v) is 3.62. The third kappa shape index (κ3) is 2.41. The van der Waals surface area contributed by atoms with Gasteiger partial charge in [0.1, 0.15) is 0 Å². The van der Waals surface area contributed by atoms with Crippen molar-refractivity contribution in [2.45, 2.75) is 12.7 Å². The Morgan fingerprint density at radius 2 is 1.90 bits per heavy atom. The SMILES string of the molecule is c1ccc(-c2nnnn2CN2CC2c2ccccn2)cc1. The molecule has 1 aromatic carbocycles. The molecule has 21 heavy (non-hydrogen) atoms. The Kier molecular flexibility index (Phi) is 2.93. The van der Waals surface area contributed by atoms with Crippen molar-refractivity contribution in [3.8, 4) is 11.4 Å². The monoisotopic (exact) mass is 278 g/mol. The minimum atomic E-state index is 0.374. The molecule has 3 aromatic rings. The van der Waals surface area contributed by atoms with Crippen LogP contribution in [0.15, 0.2) is 54.7 Å². The van der Waals surface area contributed by atoms with Crippen molar-refractivity contribution in [1.82, 2.24) is 30.1 Å². The van der Waals surface area contributed by atoms with Crippen LogP contribution in [0.4, 0.5) is 0 Å². The molecule has 0 saturated carbocycles. The lowest BCUT2D eigenvalue weighted by atomic mass is 10.2. The molecule has 6 nitrogen and oxygen atoms in total. The van der Waals surface area contributed by atoms with Gasteiger partial charge in [0, 0.05) is 18.3 Å². The second-order valence-corrected chi connectivity index (χ2v) is 5.05. The lowest BCUT2D eigenvalue weighted by Gasteiger charge is -2.06. The van der Waals surface area contributed by atoms with Crippen LogP contribution in [0.2, 0.25) is 0 Å². The molecule has 1 aliphatic rings. The highest BCUT2D eigenvalue weighted by molar-refractivity contribution is 5.53. The van der Waals surface area contributed by atoms with Gasteiger partial charge in [0.05, 0.1) is 18.4 Å². The molecule has 1 fully saturated rings. The van der Waals surface area contributed by atoms with Crippen LogP contribution in [0.25, 0.3) is 11.4 Å². The molecule has 104 valence electrons. The van der Waals surface area contributed by atoms with Gasteiger partial charge in [-0.15, -0.1) is 5.10 Å². The summed E-state index contributed by atoms with van der Waals surface area (Å²) in [6, 6.07) is 16.4. The van der Waals surface area contributed by atoms with Crippen LogP contribution in [0.1, 0.15) is 11.7 Å². The Labute approximate surface area is 122 Å². The number of rotatable bonds is 4. The van der Waals surface area contributed by atoms with Gasteiger partial charge in [0.25, 0.3) is 0 Å². The fourth-order valence-corrected chi connectivity index (χ4v) is 2.45. The average Bonchev–Trinajstić information content (AvgIpc) is 3.16. The van der Waals surface area contributed by atoms with Crippen LogP contribution in [0, 0.1) is 0 Å². The normalized spacial score (nSPS) is 20.4. The molecule has 3 heterocycles. The zero-order valence-electron chi connectivity index (χ0n) is 11.4. The second-order valence-electron chi connectivity index (χ2n) is 5.05. The van der Waals surface area contributed by atoms with Crippen molar-refractivity contribution in [2.75, 3.05) is 6.54 Å². The Balaban J connectivity index is 1.52. The van der Waals surface area contributed by atoms with Crippen molar-refractivity contribution in [1.29, 1.82) is 0 Å². The summed E-state index contributed by atoms with van der Waals surface area (Å²) >= 11 is 0. The van der Waals surface area contributed by atoms with Crippen molar-refractivity contribution in [3.05, 3.63) is 60.4 Å². The molecule has 1 saturated heterocycles. The highest BCUT2D eigenvalue weighted by Crippen LogP contribution is 2.34. The number of hydrogen-bond acceptors (Lipinski definition) is 5. The Bertz CT molecular complexity index is 724. The van der Waals surface area contributed by atoms with Crippen LogP contribution in [-0.4, -0.2) is 36.6 Å². The number of hydrogen-bond donors (Lipinski definition) is 0. The van der Waals surface area contributed by atoms with E-state index in [0.29, 0.717) is 12.7 Å². The quantitative estimate of drug-likeness (QED) is 0.680. The van der Waals surface area contributed by atoms with Gasteiger partial charge in [0.15, 0.2) is 5.82 Å². The minimum absolute atomic E-state index is 0.374. The van der Waals surface area contributed by atoms with Gasteiger partial charge in [-0.05, 0) is 22.6 Å². The molecule has 4 rings (SSSR count). The molecular formula is C15H14N6. The summed E-state index contributed by atoms with van der Waals surface area (Å²) in [6.45, 7) is 1.67. The summed E-state index contributed by atoms with van der Waals surface area (Å²) in [5.74, 6) is 0.794. The molecule has 1 aliphatic heterocycles. The van der Waals surface area contributed by atoms with Crippen LogP contribution >= 0.6 is 0 Å². The fraction of sp³-hybridized carbons (Fsp3) is 0.200. The van der Waals surface area contributed by atoms with E-state index in [0.717, 1.165) is 23.6 Å². The van der Waals surface area contributed by atoms with E-state index in [2.05, 4.69) is 31.5 Å². The van der Waals surface area contributed by atoms with E-state index in [1.807, 2.05) is 53.3 Å². The van der Waals surface area contributed by atoms with Crippen LogP contribution in [0.3, 0.4) is 0 Å². The lowest BCUT2D eigenvalue weighted by Crippen LogP contribution is -2.11. The van der Waals surface area contributed by atoms with Crippen molar-refractivity contribution < 1.29 is 0 Å². The smallest absolute Gasteiger partial charge is 0.183 e. The maximum Gasteiger partial charge on any atom is 0.183 e. The Morgan fingerprint density at radius 3 is 2.71 bits per heavy atom. The van der Waals surface area contributed by atoms with E-state index in [9.17, 15) is 0 Å². The van der Waals surface area contributed by atoms with Gasteiger partial charge in [-0.3, -0.25) is 9.88 Å². The van der Waals surface area contributed by atoms with Gasteiger partial charge >= 0.3 is 0 Å². The zero-order valence-corrected chi connectivity index (χ0v) is 11.4. The summed E-state index contributed by atoms with van der Waals surface area (Å²) in [4.78, 5) is 6.68. The zero-order chi connectivity index (χ0) is 14.1. The van der Waals surface area contributed by atoms with E-state index in [-0.39, 0.29) is 0 Å². The first-order valence-electron chi connectivity index (χ1n) is 6.88.